The van der Waals surface area contributed by atoms with Crippen LogP contribution in [0, 0.1) is 13.8 Å². The van der Waals surface area contributed by atoms with Crippen LogP contribution in [0.15, 0.2) is 4.52 Å². The van der Waals surface area contributed by atoms with E-state index in [-0.39, 0.29) is 11.4 Å². The Kier molecular flexibility index (Phi) is 2.95. The highest BCUT2D eigenvalue weighted by Gasteiger charge is 2.31. The van der Waals surface area contributed by atoms with Crippen molar-refractivity contribution in [2.24, 2.45) is 0 Å². The van der Waals surface area contributed by atoms with E-state index >= 15 is 0 Å². The molecule has 2 heterocycles. The summed E-state index contributed by atoms with van der Waals surface area (Å²) in [6, 6.07) is 0. The van der Waals surface area contributed by atoms with E-state index in [1.54, 1.807) is 13.8 Å². The fourth-order valence-corrected chi connectivity index (χ4v) is 2.26. The number of carbonyl (C=O) groups excluding carboxylic acids is 1. The minimum Gasteiger partial charge on any atom is -0.361 e. The molecule has 0 saturated carbocycles. The van der Waals surface area contributed by atoms with Crippen LogP contribution in [0.1, 0.15) is 35.7 Å². The van der Waals surface area contributed by atoms with E-state index in [0.29, 0.717) is 23.6 Å². The first-order valence-electron chi connectivity index (χ1n) is 5.88. The van der Waals surface area contributed by atoms with Crippen molar-refractivity contribution in [3.8, 4) is 0 Å². The summed E-state index contributed by atoms with van der Waals surface area (Å²) in [5, 5.41) is 7.22. The summed E-state index contributed by atoms with van der Waals surface area (Å²) in [5.41, 5.74) is 1.25. The Balaban J connectivity index is 2.21. The fourth-order valence-electron chi connectivity index (χ4n) is 2.26. The van der Waals surface area contributed by atoms with Crippen LogP contribution < -0.4 is 5.32 Å². The highest BCUT2D eigenvalue weighted by molar-refractivity contribution is 5.96. The van der Waals surface area contributed by atoms with Gasteiger partial charge in [0.25, 0.3) is 5.91 Å². The molecule has 1 saturated heterocycles. The van der Waals surface area contributed by atoms with Crippen LogP contribution in [0.5, 0.6) is 0 Å². The molecule has 1 N–H and O–H groups in total. The summed E-state index contributed by atoms with van der Waals surface area (Å²) in [4.78, 5) is 14.3. The molecule has 0 aliphatic carbocycles. The van der Waals surface area contributed by atoms with Crippen LogP contribution in [0.4, 0.5) is 0 Å². The van der Waals surface area contributed by atoms with Crippen LogP contribution in [-0.2, 0) is 0 Å². The van der Waals surface area contributed by atoms with E-state index in [9.17, 15) is 4.79 Å². The van der Waals surface area contributed by atoms with Crippen molar-refractivity contribution in [2.45, 2.75) is 33.2 Å². The van der Waals surface area contributed by atoms with Crippen molar-refractivity contribution in [3.05, 3.63) is 17.0 Å². The van der Waals surface area contributed by atoms with Gasteiger partial charge in [-0.25, -0.2) is 0 Å². The first kappa shape index (κ1) is 12.1. The number of nitrogens with one attached hydrogen (secondary N) is 1. The third-order valence-electron chi connectivity index (χ3n) is 3.11. The van der Waals surface area contributed by atoms with Gasteiger partial charge < -0.3 is 14.7 Å². The van der Waals surface area contributed by atoms with Crippen LogP contribution in [0.3, 0.4) is 0 Å². The Labute approximate surface area is 101 Å². The van der Waals surface area contributed by atoms with Gasteiger partial charge in [-0.15, -0.1) is 0 Å². The number of hydrogen-bond acceptors (Lipinski definition) is 4. The normalized spacial score (nSPS) is 19.4. The van der Waals surface area contributed by atoms with E-state index in [4.69, 9.17) is 4.52 Å². The largest absolute Gasteiger partial charge is 0.361 e. The number of aryl methyl sites for hydroxylation is 2. The molecular formula is C12H19N3O2. The maximum absolute atomic E-state index is 12.4. The SMILES string of the molecule is Cc1noc(C)c1C(=O)N1CCNC(C)(C)C1. The monoisotopic (exact) mass is 237 g/mol. The maximum atomic E-state index is 12.4. The smallest absolute Gasteiger partial charge is 0.259 e. The quantitative estimate of drug-likeness (QED) is 0.795. The molecule has 0 bridgehead atoms. The molecule has 1 aliphatic heterocycles. The second kappa shape index (κ2) is 4.14. The van der Waals surface area contributed by atoms with Gasteiger partial charge in [0, 0.05) is 25.2 Å². The average molecular weight is 237 g/mol. The molecule has 1 fully saturated rings. The molecule has 5 heteroatoms. The Morgan fingerprint density at radius 3 is 2.71 bits per heavy atom. The van der Waals surface area contributed by atoms with Crippen molar-refractivity contribution in [2.75, 3.05) is 19.6 Å². The lowest BCUT2D eigenvalue weighted by Gasteiger charge is -2.39. The second-order valence-corrected chi connectivity index (χ2v) is 5.24. The van der Waals surface area contributed by atoms with E-state index in [0.717, 1.165) is 13.1 Å². The number of rotatable bonds is 1. The molecule has 0 unspecified atom stereocenters. The van der Waals surface area contributed by atoms with Crippen molar-refractivity contribution >= 4 is 5.91 Å². The molecule has 1 aromatic heterocycles. The molecule has 0 spiro atoms. The van der Waals surface area contributed by atoms with Crippen LogP contribution in [-0.4, -0.2) is 41.1 Å². The lowest BCUT2D eigenvalue weighted by atomic mass is 10.0. The standard InChI is InChI=1S/C12H19N3O2/c1-8-10(9(2)17-14-8)11(16)15-6-5-13-12(3,4)7-15/h13H,5-7H2,1-4H3. The molecule has 17 heavy (non-hydrogen) atoms. The fraction of sp³-hybridized carbons (Fsp3) is 0.667. The predicted molar refractivity (Wildman–Crippen MR) is 64.0 cm³/mol. The molecule has 1 aliphatic rings. The van der Waals surface area contributed by atoms with Crippen LogP contribution in [0.25, 0.3) is 0 Å². The summed E-state index contributed by atoms with van der Waals surface area (Å²) in [5.74, 6) is 0.625. The number of amides is 1. The lowest BCUT2D eigenvalue weighted by Crippen LogP contribution is -2.58. The van der Waals surface area contributed by atoms with Gasteiger partial charge in [0.2, 0.25) is 0 Å². The predicted octanol–water partition coefficient (Wildman–Crippen LogP) is 1.12. The van der Waals surface area contributed by atoms with Gasteiger partial charge in [0.15, 0.2) is 0 Å². The highest BCUT2D eigenvalue weighted by atomic mass is 16.5. The first-order valence-corrected chi connectivity index (χ1v) is 5.88. The Morgan fingerprint density at radius 2 is 2.18 bits per heavy atom. The number of piperazine rings is 1. The zero-order chi connectivity index (χ0) is 12.6. The van der Waals surface area contributed by atoms with E-state index < -0.39 is 0 Å². The number of carbonyl (C=O) groups is 1. The van der Waals surface area contributed by atoms with Gasteiger partial charge in [-0.3, -0.25) is 4.79 Å². The summed E-state index contributed by atoms with van der Waals surface area (Å²) < 4.78 is 5.05. The lowest BCUT2D eigenvalue weighted by molar-refractivity contribution is 0.0649. The molecule has 0 aromatic carbocycles. The van der Waals surface area contributed by atoms with E-state index in [1.165, 1.54) is 0 Å². The van der Waals surface area contributed by atoms with Gasteiger partial charge in [-0.2, -0.15) is 0 Å². The van der Waals surface area contributed by atoms with Crippen molar-refractivity contribution in [1.29, 1.82) is 0 Å². The summed E-state index contributed by atoms with van der Waals surface area (Å²) >= 11 is 0. The number of hydrogen-bond donors (Lipinski definition) is 1. The number of aromatic nitrogens is 1. The summed E-state index contributed by atoms with van der Waals surface area (Å²) in [6.07, 6.45) is 0. The third-order valence-corrected chi connectivity index (χ3v) is 3.11. The summed E-state index contributed by atoms with van der Waals surface area (Å²) in [6.45, 7) is 10.0. The summed E-state index contributed by atoms with van der Waals surface area (Å²) in [7, 11) is 0. The topological polar surface area (TPSA) is 58.4 Å². The second-order valence-electron chi connectivity index (χ2n) is 5.24. The zero-order valence-electron chi connectivity index (χ0n) is 10.8. The van der Waals surface area contributed by atoms with Gasteiger partial charge in [-0.1, -0.05) is 5.16 Å². The van der Waals surface area contributed by atoms with E-state index in [2.05, 4.69) is 24.3 Å². The Hall–Kier alpha value is -1.36. The Morgan fingerprint density at radius 1 is 1.47 bits per heavy atom. The van der Waals surface area contributed by atoms with Crippen molar-refractivity contribution < 1.29 is 9.32 Å². The molecular weight excluding hydrogens is 218 g/mol. The van der Waals surface area contributed by atoms with Gasteiger partial charge >= 0.3 is 0 Å². The van der Waals surface area contributed by atoms with Crippen molar-refractivity contribution in [3.63, 3.8) is 0 Å². The van der Waals surface area contributed by atoms with Crippen LogP contribution in [0.2, 0.25) is 0 Å². The number of nitrogens with zero attached hydrogens (tertiary/aromatic N) is 2. The highest BCUT2D eigenvalue weighted by Crippen LogP contribution is 2.18. The molecule has 5 nitrogen and oxygen atoms in total. The molecule has 0 radical (unpaired) electrons. The minimum absolute atomic E-state index is 0.0239. The van der Waals surface area contributed by atoms with Crippen LogP contribution >= 0.6 is 0 Å². The van der Waals surface area contributed by atoms with E-state index in [1.807, 2.05) is 4.90 Å². The molecule has 1 aromatic rings. The molecule has 2 rings (SSSR count). The van der Waals surface area contributed by atoms with Gasteiger partial charge in [0.05, 0.1) is 5.69 Å². The average Bonchev–Trinajstić information content (AvgIpc) is 2.56. The zero-order valence-corrected chi connectivity index (χ0v) is 10.8. The Bertz CT molecular complexity index is 417. The third kappa shape index (κ3) is 2.34. The molecule has 0 atom stereocenters. The maximum Gasteiger partial charge on any atom is 0.259 e. The van der Waals surface area contributed by atoms with Crippen molar-refractivity contribution in [1.82, 2.24) is 15.4 Å². The van der Waals surface area contributed by atoms with Gasteiger partial charge in [-0.05, 0) is 27.7 Å². The molecule has 94 valence electrons. The first-order chi connectivity index (χ1) is 7.91. The molecule has 1 amide bonds. The minimum atomic E-state index is -0.0348. The van der Waals surface area contributed by atoms with Gasteiger partial charge in [0.1, 0.15) is 11.3 Å².